The summed E-state index contributed by atoms with van der Waals surface area (Å²) < 4.78 is 17.7. The van der Waals surface area contributed by atoms with Gasteiger partial charge in [0.05, 0.1) is 33.9 Å². The summed E-state index contributed by atoms with van der Waals surface area (Å²) in [6, 6.07) is 15.0. The molecule has 202 valence electrons. The Bertz CT molecular complexity index is 1880. The van der Waals surface area contributed by atoms with Crippen molar-refractivity contribution >= 4 is 35.0 Å². The summed E-state index contributed by atoms with van der Waals surface area (Å²) >= 11 is 1.13. The minimum Gasteiger partial charge on any atom is -0.466 e. The molecule has 0 unspecified atom stereocenters. The van der Waals surface area contributed by atoms with Crippen LogP contribution >= 0.6 is 11.3 Å². The lowest BCUT2D eigenvalue weighted by molar-refractivity contribution is -0.384. The van der Waals surface area contributed by atoms with Crippen LogP contribution in [-0.4, -0.2) is 28.5 Å². The van der Waals surface area contributed by atoms with Crippen molar-refractivity contribution in [3.63, 3.8) is 0 Å². The van der Waals surface area contributed by atoms with Gasteiger partial charge in [-0.2, -0.15) is 0 Å². The highest BCUT2D eigenvalue weighted by atomic mass is 32.1. The van der Waals surface area contributed by atoms with Crippen LogP contribution in [0.25, 0.3) is 17.4 Å². The second-order valence-electron chi connectivity index (χ2n) is 8.75. The summed E-state index contributed by atoms with van der Waals surface area (Å²) in [5, 5.41) is 11.1. The SMILES string of the molecule is COC(=O)C1=C(C)N=c2s/c(=C/c3ccc(-c4cccc([N+](=O)[O-])c4)o3)c(=O)n2[C@@H]1c1ccc(OC(C)=O)cc1. The number of carbonyl (C=O) groups excluding carboxylic acids is 2. The number of rotatable bonds is 6. The average molecular weight is 560 g/mol. The molecule has 2 aromatic heterocycles. The molecule has 4 aromatic rings. The van der Waals surface area contributed by atoms with Gasteiger partial charge in [0.2, 0.25) is 0 Å². The van der Waals surface area contributed by atoms with Crippen LogP contribution in [0.4, 0.5) is 5.69 Å². The van der Waals surface area contributed by atoms with Gasteiger partial charge in [-0.1, -0.05) is 35.6 Å². The molecule has 1 aliphatic heterocycles. The van der Waals surface area contributed by atoms with E-state index in [4.69, 9.17) is 13.9 Å². The number of benzene rings is 2. The van der Waals surface area contributed by atoms with Crippen LogP contribution in [0.15, 0.2) is 86.1 Å². The maximum Gasteiger partial charge on any atom is 0.338 e. The Kier molecular flexibility index (Phi) is 7.01. The van der Waals surface area contributed by atoms with Crippen LogP contribution in [0.3, 0.4) is 0 Å². The first-order valence-corrected chi connectivity index (χ1v) is 12.7. The first-order valence-electron chi connectivity index (χ1n) is 11.9. The number of nitrogens with zero attached hydrogens (tertiary/aromatic N) is 3. The zero-order valence-corrected chi connectivity index (χ0v) is 22.3. The summed E-state index contributed by atoms with van der Waals surface area (Å²) in [4.78, 5) is 53.4. The predicted molar refractivity (Wildman–Crippen MR) is 144 cm³/mol. The second kappa shape index (κ2) is 10.6. The van der Waals surface area contributed by atoms with Crippen LogP contribution in [0.2, 0.25) is 0 Å². The maximum absolute atomic E-state index is 13.7. The Morgan fingerprint density at radius 3 is 2.58 bits per heavy atom. The third-order valence-corrected chi connectivity index (χ3v) is 7.11. The maximum atomic E-state index is 13.7. The number of fused-ring (bicyclic) bond motifs is 1. The third-order valence-electron chi connectivity index (χ3n) is 6.13. The molecule has 0 N–H and O–H groups in total. The largest absolute Gasteiger partial charge is 0.466 e. The second-order valence-corrected chi connectivity index (χ2v) is 9.75. The van der Waals surface area contributed by atoms with Gasteiger partial charge in [-0.3, -0.25) is 24.3 Å². The number of methoxy groups -OCH3 is 1. The van der Waals surface area contributed by atoms with Gasteiger partial charge in [0.25, 0.3) is 11.2 Å². The summed E-state index contributed by atoms with van der Waals surface area (Å²) in [7, 11) is 1.25. The summed E-state index contributed by atoms with van der Waals surface area (Å²) in [5.41, 5.74) is 1.24. The van der Waals surface area contributed by atoms with E-state index in [9.17, 15) is 24.5 Å². The standard InChI is InChI=1S/C28H21N3O8S/c1-15-24(27(34)37-3)25(17-7-9-20(10-8-17)38-16(2)32)30-26(33)23(40-28(30)29-15)14-21-11-12-22(39-21)18-5-4-6-19(13-18)31(35)36/h4-14,25H,1-3H3/b23-14+/t25-/m1/s1. The Balaban J connectivity index is 1.60. The van der Waals surface area contributed by atoms with E-state index in [1.807, 2.05) is 0 Å². The molecule has 0 saturated carbocycles. The Labute approximate surface area is 230 Å². The van der Waals surface area contributed by atoms with E-state index in [-0.39, 0.29) is 11.3 Å². The molecule has 3 heterocycles. The molecule has 40 heavy (non-hydrogen) atoms. The molecular formula is C28H21N3O8S. The lowest BCUT2D eigenvalue weighted by atomic mass is 9.96. The molecular weight excluding hydrogens is 538 g/mol. The molecule has 11 nitrogen and oxygen atoms in total. The van der Waals surface area contributed by atoms with E-state index in [0.717, 1.165) is 11.3 Å². The zero-order chi connectivity index (χ0) is 28.6. The molecule has 1 atom stereocenters. The molecule has 0 saturated heterocycles. The van der Waals surface area contributed by atoms with Crippen molar-refractivity contribution in [2.45, 2.75) is 19.9 Å². The Hall–Kier alpha value is -5.10. The fourth-order valence-electron chi connectivity index (χ4n) is 4.38. The van der Waals surface area contributed by atoms with Crippen LogP contribution in [0, 0.1) is 10.1 Å². The minimum absolute atomic E-state index is 0.0681. The lowest BCUT2D eigenvalue weighted by Crippen LogP contribution is -2.39. The van der Waals surface area contributed by atoms with Gasteiger partial charge in [-0.05, 0) is 36.8 Å². The molecule has 0 amide bonds. The normalized spacial score (nSPS) is 14.9. The summed E-state index contributed by atoms with van der Waals surface area (Å²) in [6.07, 6.45) is 1.56. The number of nitro groups is 1. The highest BCUT2D eigenvalue weighted by Crippen LogP contribution is 2.32. The fraction of sp³-hybridized carbons (Fsp3) is 0.143. The minimum atomic E-state index is -0.839. The molecule has 1 aliphatic rings. The van der Waals surface area contributed by atoms with E-state index < -0.39 is 28.5 Å². The Morgan fingerprint density at radius 1 is 1.15 bits per heavy atom. The van der Waals surface area contributed by atoms with Crippen LogP contribution in [0.5, 0.6) is 5.75 Å². The number of aromatic nitrogens is 1. The van der Waals surface area contributed by atoms with Gasteiger partial charge in [0.1, 0.15) is 17.3 Å². The molecule has 0 aliphatic carbocycles. The quantitative estimate of drug-likeness (QED) is 0.151. The molecule has 5 rings (SSSR count). The fourth-order valence-corrected chi connectivity index (χ4v) is 5.41. The number of thiazole rings is 1. The number of carbonyl (C=O) groups is 2. The van der Waals surface area contributed by atoms with Crippen molar-refractivity contribution in [2.75, 3.05) is 7.11 Å². The van der Waals surface area contributed by atoms with E-state index in [1.165, 1.54) is 30.7 Å². The van der Waals surface area contributed by atoms with Gasteiger partial charge in [0, 0.05) is 30.7 Å². The molecule has 12 heteroatoms. The highest BCUT2D eigenvalue weighted by molar-refractivity contribution is 7.07. The predicted octanol–water partition coefficient (Wildman–Crippen LogP) is 3.50. The van der Waals surface area contributed by atoms with Crippen molar-refractivity contribution < 1.29 is 28.4 Å². The molecule has 0 fully saturated rings. The molecule has 2 aromatic carbocycles. The highest BCUT2D eigenvalue weighted by Gasteiger charge is 2.33. The number of esters is 2. The van der Waals surface area contributed by atoms with Crippen molar-refractivity contribution in [2.24, 2.45) is 4.99 Å². The number of furan rings is 1. The van der Waals surface area contributed by atoms with Crippen molar-refractivity contribution in [1.82, 2.24) is 4.57 Å². The monoisotopic (exact) mass is 559 g/mol. The van der Waals surface area contributed by atoms with E-state index in [2.05, 4.69) is 4.99 Å². The number of hydrogen-bond donors (Lipinski definition) is 0. The van der Waals surface area contributed by atoms with Gasteiger partial charge in [0.15, 0.2) is 4.80 Å². The zero-order valence-electron chi connectivity index (χ0n) is 21.4. The third kappa shape index (κ3) is 4.99. The number of non-ortho nitro benzene ring substituents is 1. The van der Waals surface area contributed by atoms with Gasteiger partial charge < -0.3 is 13.9 Å². The lowest BCUT2D eigenvalue weighted by Gasteiger charge is -2.24. The van der Waals surface area contributed by atoms with Gasteiger partial charge in [-0.15, -0.1) is 0 Å². The molecule has 0 bridgehead atoms. The topological polar surface area (TPSA) is 143 Å². The van der Waals surface area contributed by atoms with E-state index in [1.54, 1.807) is 61.5 Å². The van der Waals surface area contributed by atoms with E-state index >= 15 is 0 Å². The van der Waals surface area contributed by atoms with E-state index in [0.29, 0.717) is 43.4 Å². The van der Waals surface area contributed by atoms with Gasteiger partial charge >= 0.3 is 11.9 Å². The first-order chi connectivity index (χ1) is 19.2. The molecule has 0 radical (unpaired) electrons. The Morgan fingerprint density at radius 2 is 1.90 bits per heavy atom. The van der Waals surface area contributed by atoms with Crippen LogP contribution in [-0.2, 0) is 14.3 Å². The average Bonchev–Trinajstić information content (AvgIpc) is 3.52. The summed E-state index contributed by atoms with van der Waals surface area (Å²) in [5.74, 6) is -0.0212. The first kappa shape index (κ1) is 26.5. The number of allylic oxidation sites excluding steroid dienone is 1. The number of hydrogen-bond acceptors (Lipinski definition) is 10. The van der Waals surface area contributed by atoms with Gasteiger partial charge in [-0.25, -0.2) is 9.79 Å². The smallest absolute Gasteiger partial charge is 0.338 e. The summed E-state index contributed by atoms with van der Waals surface area (Å²) in [6.45, 7) is 2.96. The van der Waals surface area contributed by atoms with Crippen LogP contribution in [0.1, 0.15) is 31.2 Å². The number of nitro benzene ring substituents is 1. The van der Waals surface area contributed by atoms with Crippen LogP contribution < -0.4 is 19.6 Å². The number of ether oxygens (including phenoxy) is 2. The molecule has 0 spiro atoms. The van der Waals surface area contributed by atoms with Crippen molar-refractivity contribution in [3.05, 3.63) is 113 Å². The van der Waals surface area contributed by atoms with Crippen molar-refractivity contribution in [3.8, 4) is 17.1 Å². The van der Waals surface area contributed by atoms with Crippen molar-refractivity contribution in [1.29, 1.82) is 0 Å².